The Bertz CT molecular complexity index is 707. The highest BCUT2D eigenvalue weighted by atomic mass is 31.3. The van der Waals surface area contributed by atoms with Crippen LogP contribution in [0.5, 0.6) is 0 Å². The van der Waals surface area contributed by atoms with E-state index in [1.54, 1.807) is 0 Å². The van der Waals surface area contributed by atoms with E-state index in [1.165, 1.54) is 23.4 Å². The van der Waals surface area contributed by atoms with Crippen molar-refractivity contribution in [1.29, 1.82) is 0 Å². The Morgan fingerprint density at radius 2 is 1.17 bits per heavy atom. The van der Waals surface area contributed by atoms with Crippen LogP contribution in [-0.2, 0) is 18.0 Å². The molecule has 29 heavy (non-hydrogen) atoms. The van der Waals surface area contributed by atoms with Gasteiger partial charge in [0.1, 0.15) is 0 Å². The first-order chi connectivity index (χ1) is 13.3. The van der Waals surface area contributed by atoms with E-state index >= 15 is 0 Å². The quantitative estimate of drug-likeness (QED) is 0.218. The molecule has 7 heteroatoms. The van der Waals surface area contributed by atoms with E-state index in [-0.39, 0.29) is 6.61 Å². The van der Waals surface area contributed by atoms with Gasteiger partial charge in [-0.15, -0.1) is 0 Å². The van der Waals surface area contributed by atoms with Gasteiger partial charge in [-0.05, 0) is 73.1 Å². The van der Waals surface area contributed by atoms with E-state index in [2.05, 4.69) is 50.2 Å². The molecule has 0 amide bonds. The van der Waals surface area contributed by atoms with Gasteiger partial charge < -0.3 is 9.42 Å². The SMILES string of the molecule is CC(C)=CCC/C(C)=C\CC/C(C)=C\CC/C(C)=C/CO[P@@](C)(=O)OP(C)(=O)O. The predicted molar refractivity (Wildman–Crippen MR) is 125 cm³/mol. The van der Waals surface area contributed by atoms with Gasteiger partial charge in [-0.3, -0.25) is 9.13 Å². The van der Waals surface area contributed by atoms with E-state index in [9.17, 15) is 9.13 Å². The molecule has 0 saturated carbocycles. The van der Waals surface area contributed by atoms with Crippen molar-refractivity contribution in [3.63, 3.8) is 0 Å². The summed E-state index contributed by atoms with van der Waals surface area (Å²) < 4.78 is 32.8. The number of allylic oxidation sites excluding steroid dienone is 7. The fourth-order valence-electron chi connectivity index (χ4n) is 2.60. The topological polar surface area (TPSA) is 72.8 Å². The Morgan fingerprint density at radius 3 is 1.59 bits per heavy atom. The highest BCUT2D eigenvalue weighted by Crippen LogP contribution is 2.58. The zero-order chi connectivity index (χ0) is 22.5. The maximum Gasteiger partial charge on any atom is 0.335 e. The lowest BCUT2D eigenvalue weighted by Gasteiger charge is -2.14. The molecule has 1 unspecified atom stereocenters. The van der Waals surface area contributed by atoms with Crippen LogP contribution in [0.1, 0.15) is 73.1 Å². The lowest BCUT2D eigenvalue weighted by Crippen LogP contribution is -1.94. The molecular weight excluding hydrogens is 406 g/mol. The zero-order valence-corrected chi connectivity index (χ0v) is 21.0. The van der Waals surface area contributed by atoms with Crippen LogP contribution in [0.15, 0.2) is 46.6 Å². The lowest BCUT2D eigenvalue weighted by molar-refractivity contribution is 0.283. The van der Waals surface area contributed by atoms with Crippen LogP contribution in [0.3, 0.4) is 0 Å². The third-order valence-corrected chi connectivity index (χ3v) is 7.21. The Hall–Kier alpha value is -0.700. The Kier molecular flexibility index (Phi) is 14.0. The molecular formula is C22H40O5P2. The van der Waals surface area contributed by atoms with E-state index in [4.69, 9.17) is 9.42 Å². The molecule has 0 aliphatic heterocycles. The Balaban J connectivity index is 4.20. The van der Waals surface area contributed by atoms with Gasteiger partial charge in [0, 0.05) is 13.3 Å². The van der Waals surface area contributed by atoms with Crippen LogP contribution in [0.4, 0.5) is 0 Å². The molecule has 0 rings (SSSR count). The molecule has 0 heterocycles. The number of hydrogen-bond acceptors (Lipinski definition) is 4. The van der Waals surface area contributed by atoms with Crippen molar-refractivity contribution in [2.24, 2.45) is 0 Å². The molecule has 0 spiro atoms. The molecule has 0 radical (unpaired) electrons. The molecule has 2 atom stereocenters. The maximum atomic E-state index is 11.9. The number of hydrogen-bond donors (Lipinski definition) is 1. The van der Waals surface area contributed by atoms with Gasteiger partial charge in [0.2, 0.25) is 0 Å². The summed E-state index contributed by atoms with van der Waals surface area (Å²) in [5.41, 5.74) is 5.33. The molecule has 0 aromatic carbocycles. The molecule has 168 valence electrons. The van der Waals surface area contributed by atoms with Crippen LogP contribution in [0, 0.1) is 0 Å². The second-order valence-electron chi connectivity index (χ2n) is 8.00. The zero-order valence-electron chi connectivity index (χ0n) is 19.2. The smallest absolute Gasteiger partial charge is 0.324 e. The van der Waals surface area contributed by atoms with E-state index < -0.39 is 15.2 Å². The van der Waals surface area contributed by atoms with Crippen molar-refractivity contribution >= 4 is 15.2 Å². The van der Waals surface area contributed by atoms with E-state index in [1.807, 2.05) is 13.0 Å². The summed E-state index contributed by atoms with van der Waals surface area (Å²) in [6.07, 6.45) is 14.9. The third-order valence-electron chi connectivity index (χ3n) is 4.19. The monoisotopic (exact) mass is 446 g/mol. The standard InChI is InChI=1S/C22H40O5P2/c1-19(2)11-8-12-20(3)13-9-14-21(4)15-10-16-22(5)17-18-26-29(7,25)27-28(6,23)24/h11,13,15,17H,8-10,12,14,16,18H2,1-7H3,(H,23,24)/b20-13-,21-15-,22-17+/t29-/m1/s1. The average molecular weight is 447 g/mol. The first kappa shape index (κ1) is 28.3. The van der Waals surface area contributed by atoms with Gasteiger partial charge in [0.25, 0.3) is 0 Å². The van der Waals surface area contributed by atoms with E-state index in [0.29, 0.717) is 0 Å². The Morgan fingerprint density at radius 1 is 0.759 bits per heavy atom. The number of rotatable bonds is 14. The van der Waals surface area contributed by atoms with Crippen LogP contribution in [0.2, 0.25) is 0 Å². The van der Waals surface area contributed by atoms with Gasteiger partial charge in [0.15, 0.2) is 0 Å². The average Bonchev–Trinajstić information content (AvgIpc) is 2.51. The predicted octanol–water partition coefficient (Wildman–Crippen LogP) is 7.80. The van der Waals surface area contributed by atoms with Gasteiger partial charge in [0.05, 0.1) is 6.61 Å². The minimum absolute atomic E-state index is 0.0964. The maximum absolute atomic E-state index is 11.9. The lowest BCUT2D eigenvalue weighted by atomic mass is 10.0. The second kappa shape index (κ2) is 14.3. The summed E-state index contributed by atoms with van der Waals surface area (Å²) >= 11 is 0. The van der Waals surface area contributed by atoms with Crippen molar-refractivity contribution in [1.82, 2.24) is 0 Å². The van der Waals surface area contributed by atoms with Crippen molar-refractivity contribution < 1.29 is 22.9 Å². The normalized spacial score (nSPS) is 17.6. The third kappa shape index (κ3) is 19.0. The first-order valence-electron chi connectivity index (χ1n) is 10.1. The Labute approximate surface area is 178 Å². The molecule has 0 aliphatic carbocycles. The minimum atomic E-state index is -3.83. The summed E-state index contributed by atoms with van der Waals surface area (Å²) in [6.45, 7) is 12.9. The van der Waals surface area contributed by atoms with Gasteiger partial charge in [-0.2, -0.15) is 0 Å². The molecule has 0 aliphatic rings. The van der Waals surface area contributed by atoms with Crippen LogP contribution >= 0.6 is 15.2 Å². The van der Waals surface area contributed by atoms with Crippen molar-refractivity contribution in [2.75, 3.05) is 19.9 Å². The van der Waals surface area contributed by atoms with Gasteiger partial charge in [-0.1, -0.05) is 46.6 Å². The van der Waals surface area contributed by atoms with Gasteiger partial charge in [-0.25, -0.2) is 4.31 Å². The van der Waals surface area contributed by atoms with Crippen LogP contribution in [-0.4, -0.2) is 24.8 Å². The van der Waals surface area contributed by atoms with Crippen LogP contribution in [0.25, 0.3) is 0 Å². The fourth-order valence-corrected chi connectivity index (χ4v) is 5.34. The largest absolute Gasteiger partial charge is 0.335 e. The van der Waals surface area contributed by atoms with Crippen molar-refractivity contribution in [3.05, 3.63) is 46.6 Å². The minimum Gasteiger partial charge on any atom is -0.324 e. The van der Waals surface area contributed by atoms with E-state index in [0.717, 1.165) is 50.8 Å². The summed E-state index contributed by atoms with van der Waals surface area (Å²) in [5.74, 6) is 0. The molecule has 0 aromatic rings. The summed E-state index contributed by atoms with van der Waals surface area (Å²) in [5, 5.41) is 0. The molecule has 0 bridgehead atoms. The summed E-state index contributed by atoms with van der Waals surface area (Å²) in [4.78, 5) is 9.13. The summed E-state index contributed by atoms with van der Waals surface area (Å²) in [7, 11) is -7.35. The molecule has 1 N–H and O–H groups in total. The molecule has 5 nitrogen and oxygen atoms in total. The molecule has 0 saturated heterocycles. The highest BCUT2D eigenvalue weighted by molar-refractivity contribution is 7.65. The fraction of sp³-hybridized carbons (Fsp3) is 0.636. The first-order valence-corrected chi connectivity index (χ1v) is 14.2. The van der Waals surface area contributed by atoms with Gasteiger partial charge >= 0.3 is 15.2 Å². The van der Waals surface area contributed by atoms with Crippen molar-refractivity contribution in [2.45, 2.75) is 73.1 Å². The second-order valence-corrected chi connectivity index (χ2v) is 12.1. The van der Waals surface area contributed by atoms with Crippen molar-refractivity contribution in [3.8, 4) is 0 Å². The molecule has 0 aromatic heterocycles. The highest BCUT2D eigenvalue weighted by Gasteiger charge is 2.25. The van der Waals surface area contributed by atoms with Crippen LogP contribution < -0.4 is 0 Å². The molecule has 0 fully saturated rings. The summed E-state index contributed by atoms with van der Waals surface area (Å²) in [6, 6.07) is 0.